The fourth-order valence-electron chi connectivity index (χ4n) is 2.74. The molecule has 0 aromatic carbocycles. The zero-order chi connectivity index (χ0) is 18.5. The van der Waals surface area contributed by atoms with Gasteiger partial charge in [-0.25, -0.2) is 9.37 Å². The molecule has 0 saturated heterocycles. The molecule has 9 heteroatoms. The predicted molar refractivity (Wildman–Crippen MR) is 85.1 cm³/mol. The van der Waals surface area contributed by atoms with Gasteiger partial charge in [-0.1, -0.05) is 0 Å². The van der Waals surface area contributed by atoms with E-state index in [1.165, 1.54) is 28.9 Å². The maximum atomic E-state index is 13.2. The molecule has 3 heterocycles. The van der Waals surface area contributed by atoms with E-state index in [9.17, 15) is 22.4 Å². The van der Waals surface area contributed by atoms with Crippen LogP contribution in [0.2, 0.25) is 0 Å². The molecule has 1 fully saturated rings. The Labute approximate surface area is 144 Å². The lowest BCUT2D eigenvalue weighted by atomic mass is 10.0. The topological polar surface area (TPSA) is 59.3 Å². The van der Waals surface area contributed by atoms with E-state index in [2.05, 4.69) is 15.3 Å². The number of hydrogen-bond donors (Lipinski definition) is 1. The molecular formula is C17H12F4N4O. The van der Waals surface area contributed by atoms with E-state index in [4.69, 9.17) is 0 Å². The standard InChI is InChI=1S/C17H12F4N4O/c18-13-5-10(13)16(26)24-14-8-25-7-9(1-2-15(25)23-14)11-6-22-4-3-12(11)17(19,20)21/h1-4,6-8,10,13H,5H2,(H,24,26)/t10-,13+/m1/s1. The lowest BCUT2D eigenvalue weighted by Crippen LogP contribution is -2.15. The first-order valence-electron chi connectivity index (χ1n) is 7.78. The zero-order valence-electron chi connectivity index (χ0n) is 13.2. The third kappa shape index (κ3) is 3.00. The molecular weight excluding hydrogens is 352 g/mol. The van der Waals surface area contributed by atoms with Gasteiger partial charge in [0.1, 0.15) is 11.8 Å². The molecule has 1 saturated carbocycles. The number of amides is 1. The van der Waals surface area contributed by atoms with E-state index in [1.54, 1.807) is 0 Å². The van der Waals surface area contributed by atoms with Gasteiger partial charge in [-0.3, -0.25) is 9.78 Å². The molecule has 1 aliphatic rings. The van der Waals surface area contributed by atoms with Gasteiger partial charge in [-0.05, 0) is 24.6 Å². The van der Waals surface area contributed by atoms with Gasteiger partial charge in [0.05, 0.1) is 17.7 Å². The fraction of sp³-hybridized carbons (Fsp3) is 0.235. The molecule has 5 nitrogen and oxygen atoms in total. The van der Waals surface area contributed by atoms with Crippen LogP contribution in [-0.2, 0) is 11.0 Å². The van der Waals surface area contributed by atoms with Crippen molar-refractivity contribution in [2.45, 2.75) is 18.8 Å². The molecule has 0 aliphatic heterocycles. The number of halogens is 4. The van der Waals surface area contributed by atoms with Crippen LogP contribution in [-0.4, -0.2) is 26.4 Å². The van der Waals surface area contributed by atoms with Gasteiger partial charge in [-0.15, -0.1) is 0 Å². The number of aromatic nitrogens is 3. The van der Waals surface area contributed by atoms with Crippen LogP contribution in [0.25, 0.3) is 16.8 Å². The number of anilines is 1. The van der Waals surface area contributed by atoms with Crippen LogP contribution in [0.5, 0.6) is 0 Å². The molecule has 0 unspecified atom stereocenters. The Kier molecular flexibility index (Phi) is 3.67. The average Bonchev–Trinajstić information content (AvgIpc) is 3.19. The molecule has 1 aliphatic carbocycles. The van der Waals surface area contributed by atoms with Gasteiger partial charge in [-0.2, -0.15) is 13.2 Å². The third-order valence-corrected chi connectivity index (χ3v) is 4.19. The highest BCUT2D eigenvalue weighted by atomic mass is 19.4. The number of alkyl halides is 4. The Balaban J connectivity index is 1.67. The normalized spacial score (nSPS) is 19.5. The quantitative estimate of drug-likeness (QED) is 0.721. The van der Waals surface area contributed by atoms with Crippen LogP contribution < -0.4 is 5.32 Å². The molecule has 4 rings (SSSR count). The number of rotatable bonds is 3. The van der Waals surface area contributed by atoms with Crippen molar-refractivity contribution in [1.82, 2.24) is 14.4 Å². The Hall–Kier alpha value is -2.97. The summed E-state index contributed by atoms with van der Waals surface area (Å²) in [5.74, 6) is -0.888. The highest BCUT2D eigenvalue weighted by Gasteiger charge is 2.43. The van der Waals surface area contributed by atoms with Crippen molar-refractivity contribution in [2.24, 2.45) is 5.92 Å². The number of hydrogen-bond acceptors (Lipinski definition) is 3. The van der Waals surface area contributed by atoms with Crippen molar-refractivity contribution < 1.29 is 22.4 Å². The van der Waals surface area contributed by atoms with Crippen molar-refractivity contribution in [2.75, 3.05) is 5.32 Å². The smallest absolute Gasteiger partial charge is 0.309 e. The second kappa shape index (κ2) is 5.79. The van der Waals surface area contributed by atoms with Crippen LogP contribution in [0.3, 0.4) is 0 Å². The highest BCUT2D eigenvalue weighted by Crippen LogP contribution is 2.37. The summed E-state index contributed by atoms with van der Waals surface area (Å²) in [6, 6.07) is 3.95. The second-order valence-corrected chi connectivity index (χ2v) is 6.08. The van der Waals surface area contributed by atoms with E-state index in [1.807, 2.05) is 0 Å². The van der Waals surface area contributed by atoms with Crippen molar-refractivity contribution in [3.8, 4) is 11.1 Å². The molecule has 3 aromatic heterocycles. The number of carbonyl (C=O) groups excluding carboxylic acids is 1. The highest BCUT2D eigenvalue weighted by molar-refractivity contribution is 5.94. The molecule has 2 atom stereocenters. The molecule has 26 heavy (non-hydrogen) atoms. The van der Waals surface area contributed by atoms with Crippen molar-refractivity contribution in [1.29, 1.82) is 0 Å². The van der Waals surface area contributed by atoms with Gasteiger partial charge >= 0.3 is 6.18 Å². The van der Waals surface area contributed by atoms with Crippen LogP contribution >= 0.6 is 0 Å². The molecule has 0 spiro atoms. The summed E-state index contributed by atoms with van der Waals surface area (Å²) < 4.78 is 54.0. The number of carbonyl (C=O) groups is 1. The second-order valence-electron chi connectivity index (χ2n) is 6.08. The summed E-state index contributed by atoms with van der Waals surface area (Å²) in [6.07, 6.45) is -0.247. The van der Waals surface area contributed by atoms with Crippen LogP contribution in [0.4, 0.5) is 23.4 Å². The van der Waals surface area contributed by atoms with Crippen LogP contribution in [0.1, 0.15) is 12.0 Å². The molecule has 134 valence electrons. The number of nitrogens with one attached hydrogen (secondary N) is 1. The van der Waals surface area contributed by atoms with Crippen LogP contribution in [0.15, 0.2) is 43.0 Å². The van der Waals surface area contributed by atoms with Gasteiger partial charge in [0.15, 0.2) is 5.82 Å². The van der Waals surface area contributed by atoms with Gasteiger partial charge in [0.25, 0.3) is 0 Å². The molecule has 1 amide bonds. The third-order valence-electron chi connectivity index (χ3n) is 4.19. The maximum Gasteiger partial charge on any atom is 0.417 e. The number of pyridine rings is 2. The Bertz CT molecular complexity index is 998. The number of nitrogens with zero attached hydrogens (tertiary/aromatic N) is 3. The first-order valence-corrected chi connectivity index (χ1v) is 7.78. The Morgan fingerprint density at radius 3 is 2.69 bits per heavy atom. The monoisotopic (exact) mass is 364 g/mol. The van der Waals surface area contributed by atoms with Crippen molar-refractivity contribution >= 4 is 17.4 Å². The minimum Gasteiger partial charge on any atom is -0.309 e. The largest absolute Gasteiger partial charge is 0.417 e. The van der Waals surface area contributed by atoms with E-state index >= 15 is 0 Å². The van der Waals surface area contributed by atoms with Gasteiger partial charge < -0.3 is 9.72 Å². The Morgan fingerprint density at radius 2 is 2.00 bits per heavy atom. The van der Waals surface area contributed by atoms with E-state index < -0.39 is 29.7 Å². The van der Waals surface area contributed by atoms with Crippen molar-refractivity contribution in [3.05, 3.63) is 48.5 Å². The van der Waals surface area contributed by atoms with E-state index in [-0.39, 0.29) is 17.8 Å². The fourth-order valence-corrected chi connectivity index (χ4v) is 2.74. The Morgan fingerprint density at radius 1 is 1.23 bits per heavy atom. The molecule has 0 radical (unpaired) electrons. The SMILES string of the molecule is O=C(Nc1cn2cc(-c3cnccc3C(F)(F)F)ccc2n1)[C@@H]1C[C@@H]1F. The summed E-state index contributed by atoms with van der Waals surface area (Å²) in [4.78, 5) is 19.7. The molecule has 0 bridgehead atoms. The summed E-state index contributed by atoms with van der Waals surface area (Å²) >= 11 is 0. The minimum atomic E-state index is -4.51. The van der Waals surface area contributed by atoms with Crippen molar-refractivity contribution in [3.63, 3.8) is 0 Å². The first kappa shape index (κ1) is 16.5. The average molecular weight is 364 g/mol. The summed E-state index contributed by atoms with van der Waals surface area (Å²) in [5, 5.41) is 2.52. The minimum absolute atomic E-state index is 0.0561. The van der Waals surface area contributed by atoms with E-state index in [0.29, 0.717) is 11.2 Å². The number of fused-ring (bicyclic) bond motifs is 1. The van der Waals surface area contributed by atoms with E-state index in [0.717, 1.165) is 18.5 Å². The predicted octanol–water partition coefficient (Wildman–Crippen LogP) is 3.71. The summed E-state index contributed by atoms with van der Waals surface area (Å²) in [7, 11) is 0. The maximum absolute atomic E-state index is 13.2. The zero-order valence-corrected chi connectivity index (χ0v) is 13.2. The number of imidazole rings is 1. The first-order chi connectivity index (χ1) is 12.3. The molecule has 1 N–H and O–H groups in total. The van der Waals surface area contributed by atoms with Gasteiger partial charge in [0, 0.05) is 29.7 Å². The van der Waals surface area contributed by atoms with Crippen LogP contribution in [0, 0.1) is 5.92 Å². The lowest BCUT2D eigenvalue weighted by Gasteiger charge is -2.12. The molecule has 3 aromatic rings. The summed E-state index contributed by atoms with van der Waals surface area (Å²) in [6.45, 7) is 0. The summed E-state index contributed by atoms with van der Waals surface area (Å²) in [5.41, 5.74) is -0.101. The van der Waals surface area contributed by atoms with Gasteiger partial charge in [0.2, 0.25) is 5.91 Å². The lowest BCUT2D eigenvalue weighted by molar-refractivity contribution is -0.137.